The fourth-order valence-corrected chi connectivity index (χ4v) is 4.39. The molecule has 7 nitrogen and oxygen atoms in total. The molecule has 144 valence electrons. The van der Waals surface area contributed by atoms with Gasteiger partial charge in [-0.05, 0) is 42.7 Å². The molecule has 1 heterocycles. The van der Waals surface area contributed by atoms with E-state index in [-0.39, 0.29) is 17.1 Å². The monoisotopic (exact) mass is 391 g/mol. The van der Waals surface area contributed by atoms with Crippen LogP contribution in [0.5, 0.6) is 23.0 Å². The molecule has 1 saturated carbocycles. The van der Waals surface area contributed by atoms with E-state index in [4.69, 9.17) is 18.9 Å². The molecule has 8 heteroatoms. The molecule has 0 atom stereocenters. The number of ether oxygens (including phenoxy) is 4. The summed E-state index contributed by atoms with van der Waals surface area (Å²) in [6.45, 7) is 0.425. The molecular formula is C19H21NO6S. The summed E-state index contributed by atoms with van der Waals surface area (Å²) < 4.78 is 49.3. The van der Waals surface area contributed by atoms with E-state index in [2.05, 4.69) is 4.72 Å². The van der Waals surface area contributed by atoms with Gasteiger partial charge in [-0.25, -0.2) is 13.1 Å². The second kappa shape index (κ2) is 6.61. The van der Waals surface area contributed by atoms with E-state index in [0.717, 1.165) is 18.4 Å². The SMILES string of the molecule is COc1ccc(C2(CNS(=O)(=O)c3ccc4c(c3)OCO4)CC2)cc1OC. The molecule has 0 saturated heterocycles. The lowest BCUT2D eigenvalue weighted by molar-refractivity contribution is 0.174. The molecule has 27 heavy (non-hydrogen) atoms. The van der Waals surface area contributed by atoms with Crippen LogP contribution >= 0.6 is 0 Å². The lowest BCUT2D eigenvalue weighted by Crippen LogP contribution is -2.32. The van der Waals surface area contributed by atoms with Gasteiger partial charge in [0, 0.05) is 18.0 Å². The third-order valence-electron chi connectivity index (χ3n) is 5.10. The van der Waals surface area contributed by atoms with Gasteiger partial charge in [0.2, 0.25) is 16.8 Å². The van der Waals surface area contributed by atoms with Crippen LogP contribution in [0.1, 0.15) is 18.4 Å². The van der Waals surface area contributed by atoms with Gasteiger partial charge in [0.1, 0.15) is 0 Å². The molecule has 0 radical (unpaired) electrons. The lowest BCUT2D eigenvalue weighted by atomic mass is 9.96. The first-order valence-electron chi connectivity index (χ1n) is 8.59. The van der Waals surface area contributed by atoms with E-state index in [1.807, 2.05) is 18.2 Å². The van der Waals surface area contributed by atoms with Crippen LogP contribution in [-0.2, 0) is 15.4 Å². The summed E-state index contributed by atoms with van der Waals surface area (Å²) in [4.78, 5) is 0.162. The number of methoxy groups -OCH3 is 2. The van der Waals surface area contributed by atoms with Crippen molar-refractivity contribution >= 4 is 10.0 Å². The minimum atomic E-state index is -3.65. The van der Waals surface area contributed by atoms with Crippen molar-refractivity contribution in [3.8, 4) is 23.0 Å². The molecule has 1 aliphatic carbocycles. The maximum Gasteiger partial charge on any atom is 0.240 e. The highest BCUT2D eigenvalue weighted by atomic mass is 32.2. The number of hydrogen-bond acceptors (Lipinski definition) is 6. The first-order chi connectivity index (χ1) is 13.0. The second-order valence-corrected chi connectivity index (χ2v) is 8.46. The predicted octanol–water partition coefficient (Wildman–Crippen LogP) is 2.44. The summed E-state index contributed by atoms with van der Waals surface area (Å²) in [5.74, 6) is 2.29. The first-order valence-corrected chi connectivity index (χ1v) is 10.1. The number of hydrogen-bond donors (Lipinski definition) is 1. The topological polar surface area (TPSA) is 83.1 Å². The first kappa shape index (κ1) is 17.9. The molecule has 2 aliphatic rings. The van der Waals surface area contributed by atoms with E-state index >= 15 is 0 Å². The zero-order valence-electron chi connectivity index (χ0n) is 15.2. The van der Waals surface area contributed by atoms with Crippen LogP contribution in [0.4, 0.5) is 0 Å². The van der Waals surface area contributed by atoms with E-state index < -0.39 is 10.0 Å². The average molecular weight is 391 g/mol. The van der Waals surface area contributed by atoms with Gasteiger partial charge in [-0.1, -0.05) is 6.07 Å². The predicted molar refractivity (Wildman–Crippen MR) is 98.2 cm³/mol. The second-order valence-electron chi connectivity index (χ2n) is 6.69. The van der Waals surface area contributed by atoms with Crippen molar-refractivity contribution in [2.24, 2.45) is 0 Å². The summed E-state index contributed by atoms with van der Waals surface area (Å²) in [5.41, 5.74) is 0.816. The largest absolute Gasteiger partial charge is 0.493 e. The molecule has 0 spiro atoms. The third-order valence-corrected chi connectivity index (χ3v) is 6.50. The van der Waals surface area contributed by atoms with Crippen LogP contribution in [0.2, 0.25) is 0 Å². The smallest absolute Gasteiger partial charge is 0.240 e. The average Bonchev–Trinajstić information content (AvgIpc) is 3.34. The maximum absolute atomic E-state index is 12.7. The molecule has 2 aromatic rings. The Labute approximate surface area is 158 Å². The van der Waals surface area contributed by atoms with Gasteiger partial charge in [0.25, 0.3) is 0 Å². The van der Waals surface area contributed by atoms with Crippen molar-refractivity contribution in [1.82, 2.24) is 4.72 Å². The Hall–Kier alpha value is -2.45. The molecule has 0 bridgehead atoms. The van der Waals surface area contributed by atoms with Crippen molar-refractivity contribution < 1.29 is 27.4 Å². The van der Waals surface area contributed by atoms with Gasteiger partial charge in [-0.2, -0.15) is 0 Å². The third kappa shape index (κ3) is 3.30. The van der Waals surface area contributed by atoms with Crippen LogP contribution < -0.4 is 23.7 Å². The molecule has 1 N–H and O–H groups in total. The fraction of sp³-hybridized carbons (Fsp3) is 0.368. The lowest BCUT2D eigenvalue weighted by Gasteiger charge is -2.18. The fourth-order valence-electron chi connectivity index (χ4n) is 3.25. The zero-order valence-corrected chi connectivity index (χ0v) is 16.0. The molecule has 1 aliphatic heterocycles. The highest BCUT2D eigenvalue weighted by Crippen LogP contribution is 2.49. The molecule has 2 aromatic carbocycles. The maximum atomic E-state index is 12.7. The van der Waals surface area contributed by atoms with Crippen LogP contribution in [0.3, 0.4) is 0 Å². The quantitative estimate of drug-likeness (QED) is 0.781. The Morgan fingerprint density at radius 1 is 1.00 bits per heavy atom. The van der Waals surface area contributed by atoms with E-state index in [9.17, 15) is 8.42 Å². The van der Waals surface area contributed by atoms with Gasteiger partial charge < -0.3 is 18.9 Å². The number of sulfonamides is 1. The minimum Gasteiger partial charge on any atom is -0.493 e. The summed E-state index contributed by atoms with van der Waals surface area (Å²) >= 11 is 0. The number of rotatable bonds is 7. The summed E-state index contributed by atoms with van der Waals surface area (Å²) in [5, 5.41) is 0. The van der Waals surface area contributed by atoms with Crippen LogP contribution in [0.25, 0.3) is 0 Å². The normalized spacial score (nSPS) is 16.8. The van der Waals surface area contributed by atoms with Crippen molar-refractivity contribution in [1.29, 1.82) is 0 Å². The van der Waals surface area contributed by atoms with Gasteiger partial charge >= 0.3 is 0 Å². The highest BCUT2D eigenvalue weighted by molar-refractivity contribution is 7.89. The van der Waals surface area contributed by atoms with Crippen molar-refractivity contribution in [3.63, 3.8) is 0 Å². The Morgan fingerprint density at radius 2 is 1.74 bits per heavy atom. The summed E-state index contributed by atoms with van der Waals surface area (Å²) in [7, 11) is -0.479. The molecule has 0 unspecified atom stereocenters. The Kier molecular flexibility index (Phi) is 4.39. The molecule has 1 fully saturated rings. The van der Waals surface area contributed by atoms with Gasteiger partial charge in [-0.3, -0.25) is 0 Å². The Bertz CT molecular complexity index is 968. The van der Waals surface area contributed by atoms with Gasteiger partial charge in [0.05, 0.1) is 19.1 Å². The molecule has 0 amide bonds. The number of fused-ring (bicyclic) bond motifs is 1. The van der Waals surface area contributed by atoms with Crippen LogP contribution in [0, 0.1) is 0 Å². The van der Waals surface area contributed by atoms with Crippen molar-refractivity contribution in [2.45, 2.75) is 23.2 Å². The van der Waals surface area contributed by atoms with Gasteiger partial charge in [0.15, 0.2) is 23.0 Å². The zero-order chi connectivity index (χ0) is 19.1. The summed E-state index contributed by atoms with van der Waals surface area (Å²) in [6.07, 6.45) is 1.82. The Balaban J connectivity index is 1.52. The number of nitrogens with one attached hydrogen (secondary N) is 1. The molecule has 4 rings (SSSR count). The van der Waals surface area contributed by atoms with E-state index in [1.54, 1.807) is 20.3 Å². The standard InChI is InChI=1S/C19H21NO6S/c1-23-15-5-3-13(9-17(15)24-2)19(7-8-19)11-20-27(21,22)14-4-6-16-18(10-14)26-12-25-16/h3-6,9-10,20H,7-8,11-12H2,1-2H3. The summed E-state index contributed by atoms with van der Waals surface area (Å²) in [6, 6.07) is 10.3. The molecular weight excluding hydrogens is 370 g/mol. The minimum absolute atomic E-state index is 0.106. The van der Waals surface area contributed by atoms with Crippen LogP contribution in [0.15, 0.2) is 41.3 Å². The van der Waals surface area contributed by atoms with Gasteiger partial charge in [-0.15, -0.1) is 0 Å². The molecule has 0 aromatic heterocycles. The highest BCUT2D eigenvalue weighted by Gasteiger charge is 2.45. The van der Waals surface area contributed by atoms with E-state index in [1.165, 1.54) is 12.1 Å². The Morgan fingerprint density at radius 3 is 2.44 bits per heavy atom. The van der Waals surface area contributed by atoms with E-state index in [0.29, 0.717) is 29.5 Å². The number of benzene rings is 2. The van der Waals surface area contributed by atoms with Crippen molar-refractivity contribution in [2.75, 3.05) is 27.6 Å². The van der Waals surface area contributed by atoms with Crippen LogP contribution in [-0.4, -0.2) is 36.0 Å². The van der Waals surface area contributed by atoms with Crippen molar-refractivity contribution in [3.05, 3.63) is 42.0 Å².